The van der Waals surface area contributed by atoms with Gasteiger partial charge >= 0.3 is 0 Å². The Morgan fingerprint density at radius 3 is 2.36 bits per heavy atom. The normalized spacial score (nSPS) is 13.6. The second kappa shape index (κ2) is 7.72. The van der Waals surface area contributed by atoms with Crippen molar-refractivity contribution in [3.8, 4) is 11.1 Å². The van der Waals surface area contributed by atoms with Gasteiger partial charge in [-0.05, 0) is 68.4 Å². The smallest absolute Gasteiger partial charge is 0.109 e. The maximum absolute atomic E-state index is 5.05. The van der Waals surface area contributed by atoms with Gasteiger partial charge in [-0.15, -0.1) is 0 Å². The van der Waals surface area contributed by atoms with E-state index in [1.165, 1.54) is 49.3 Å². The SMILES string of the molecule is CC(C)C1=Nc2c(c3ccc(-c4ccc5c(ccc6[nH]c(C(C)C)nc65)c4)cc3c3ccncc23)C1. The lowest BCUT2D eigenvalue weighted by atomic mass is 9.91. The number of benzene rings is 4. The fourth-order valence-electron chi connectivity index (χ4n) is 5.60. The van der Waals surface area contributed by atoms with E-state index in [0.29, 0.717) is 11.8 Å². The summed E-state index contributed by atoms with van der Waals surface area (Å²) in [6.45, 7) is 8.79. The van der Waals surface area contributed by atoms with Crippen molar-refractivity contribution in [1.82, 2.24) is 15.0 Å². The van der Waals surface area contributed by atoms with Crippen LogP contribution in [0.1, 0.15) is 45.0 Å². The Morgan fingerprint density at radius 1 is 0.750 bits per heavy atom. The van der Waals surface area contributed by atoms with E-state index < -0.39 is 0 Å². The van der Waals surface area contributed by atoms with Crippen molar-refractivity contribution >= 4 is 54.7 Å². The first-order chi connectivity index (χ1) is 17.5. The van der Waals surface area contributed by atoms with Gasteiger partial charge in [-0.2, -0.15) is 0 Å². The molecule has 1 aliphatic heterocycles. The molecule has 4 nitrogen and oxygen atoms in total. The number of aromatic amines is 1. The molecule has 0 radical (unpaired) electrons. The van der Waals surface area contributed by atoms with E-state index in [1.54, 1.807) is 0 Å². The molecule has 0 amide bonds. The molecule has 36 heavy (non-hydrogen) atoms. The van der Waals surface area contributed by atoms with Gasteiger partial charge in [0, 0.05) is 41.2 Å². The number of fused-ring (bicyclic) bond motifs is 9. The number of aliphatic imine (C=N–C) groups is 1. The van der Waals surface area contributed by atoms with Crippen LogP contribution in [0.5, 0.6) is 0 Å². The monoisotopic (exact) mass is 468 g/mol. The van der Waals surface area contributed by atoms with E-state index in [9.17, 15) is 0 Å². The van der Waals surface area contributed by atoms with Gasteiger partial charge in [-0.25, -0.2) is 4.98 Å². The number of nitrogens with zero attached hydrogens (tertiary/aromatic N) is 3. The molecule has 0 unspecified atom stereocenters. The Bertz CT molecular complexity index is 1870. The van der Waals surface area contributed by atoms with Crippen LogP contribution in [0.3, 0.4) is 0 Å². The number of nitrogens with one attached hydrogen (secondary N) is 1. The highest BCUT2D eigenvalue weighted by Crippen LogP contribution is 2.43. The third-order valence-electron chi connectivity index (χ3n) is 7.64. The van der Waals surface area contributed by atoms with Gasteiger partial charge in [0.1, 0.15) is 5.82 Å². The molecule has 0 saturated carbocycles. The first-order valence-corrected chi connectivity index (χ1v) is 12.8. The van der Waals surface area contributed by atoms with Crippen LogP contribution in [0.2, 0.25) is 0 Å². The van der Waals surface area contributed by atoms with Gasteiger partial charge in [-0.3, -0.25) is 9.98 Å². The molecule has 4 heteroatoms. The summed E-state index contributed by atoms with van der Waals surface area (Å²) in [5.41, 5.74) is 8.28. The van der Waals surface area contributed by atoms with Gasteiger partial charge in [-0.1, -0.05) is 58.0 Å². The number of pyridine rings is 1. The van der Waals surface area contributed by atoms with Crippen LogP contribution in [0.15, 0.2) is 72.0 Å². The summed E-state index contributed by atoms with van der Waals surface area (Å²) in [4.78, 5) is 17.9. The number of imidazole rings is 1. The lowest BCUT2D eigenvalue weighted by Gasteiger charge is -2.12. The van der Waals surface area contributed by atoms with Crippen molar-refractivity contribution in [3.05, 3.63) is 78.4 Å². The highest BCUT2D eigenvalue weighted by atomic mass is 14.9. The van der Waals surface area contributed by atoms with E-state index in [0.717, 1.165) is 34.4 Å². The van der Waals surface area contributed by atoms with Crippen LogP contribution in [0.4, 0.5) is 5.69 Å². The van der Waals surface area contributed by atoms with E-state index in [4.69, 9.17) is 9.98 Å². The molecule has 0 spiro atoms. The van der Waals surface area contributed by atoms with Crippen molar-refractivity contribution < 1.29 is 0 Å². The maximum atomic E-state index is 5.05. The fourth-order valence-corrected chi connectivity index (χ4v) is 5.60. The summed E-state index contributed by atoms with van der Waals surface area (Å²) in [5.74, 6) is 1.85. The Hall–Kier alpha value is -4.05. The molecule has 4 aromatic carbocycles. The average molecular weight is 469 g/mol. The zero-order chi connectivity index (χ0) is 24.6. The second-order valence-corrected chi connectivity index (χ2v) is 10.6. The van der Waals surface area contributed by atoms with Crippen molar-refractivity contribution in [3.63, 3.8) is 0 Å². The van der Waals surface area contributed by atoms with Crippen LogP contribution in [0.25, 0.3) is 54.5 Å². The summed E-state index contributed by atoms with van der Waals surface area (Å²) in [7, 11) is 0. The average Bonchev–Trinajstić information content (AvgIpc) is 3.54. The predicted molar refractivity (Wildman–Crippen MR) is 152 cm³/mol. The number of hydrogen-bond acceptors (Lipinski definition) is 3. The standard InChI is InChI=1S/C32H28N4/c1-17(2)29-15-26-23-9-6-20(14-25(23)24-11-12-33-16-27(24)30(26)34-29)19-5-8-22-21(13-19)7-10-28-31(22)36-32(35-28)18(3)4/h5-14,16-18H,15H2,1-4H3,(H,35,36). The number of H-pyrrole nitrogens is 1. The molecule has 1 N–H and O–H groups in total. The van der Waals surface area contributed by atoms with Crippen LogP contribution in [0, 0.1) is 5.92 Å². The molecule has 176 valence electrons. The summed E-state index contributed by atoms with van der Waals surface area (Å²) >= 11 is 0. The number of hydrogen-bond donors (Lipinski definition) is 1. The minimum Gasteiger partial charge on any atom is -0.342 e. The lowest BCUT2D eigenvalue weighted by Crippen LogP contribution is -2.06. The third-order valence-corrected chi connectivity index (χ3v) is 7.64. The van der Waals surface area contributed by atoms with Gasteiger partial charge < -0.3 is 4.98 Å². The van der Waals surface area contributed by atoms with E-state index in [2.05, 4.69) is 92.3 Å². The molecule has 0 atom stereocenters. The molecule has 2 aromatic heterocycles. The van der Waals surface area contributed by atoms with E-state index in [1.807, 2.05) is 12.4 Å². The second-order valence-electron chi connectivity index (χ2n) is 10.6. The number of aromatic nitrogens is 3. The molecular formula is C32H28N4. The molecule has 6 aromatic rings. The number of rotatable bonds is 3. The van der Waals surface area contributed by atoms with Crippen LogP contribution in [-0.4, -0.2) is 20.7 Å². The highest BCUT2D eigenvalue weighted by Gasteiger charge is 2.23. The first kappa shape index (κ1) is 21.3. The van der Waals surface area contributed by atoms with E-state index in [-0.39, 0.29) is 0 Å². The van der Waals surface area contributed by atoms with Crippen molar-refractivity contribution in [2.45, 2.75) is 40.0 Å². The summed E-state index contributed by atoms with van der Waals surface area (Å²) in [6.07, 6.45) is 4.78. The van der Waals surface area contributed by atoms with Crippen molar-refractivity contribution in [1.29, 1.82) is 0 Å². The van der Waals surface area contributed by atoms with Gasteiger partial charge in [0.25, 0.3) is 0 Å². The van der Waals surface area contributed by atoms with Crippen LogP contribution >= 0.6 is 0 Å². The quantitative estimate of drug-likeness (QED) is 0.265. The highest BCUT2D eigenvalue weighted by molar-refractivity contribution is 6.18. The van der Waals surface area contributed by atoms with Gasteiger partial charge in [0.2, 0.25) is 0 Å². The Balaban J connectivity index is 1.41. The third kappa shape index (κ3) is 3.10. The molecule has 0 aliphatic carbocycles. The zero-order valence-electron chi connectivity index (χ0n) is 21.1. The minimum atomic E-state index is 0.373. The van der Waals surface area contributed by atoms with E-state index >= 15 is 0 Å². The van der Waals surface area contributed by atoms with Gasteiger partial charge in [0.15, 0.2) is 0 Å². The zero-order valence-corrected chi connectivity index (χ0v) is 21.1. The lowest BCUT2D eigenvalue weighted by molar-refractivity contribution is 0.799. The van der Waals surface area contributed by atoms with Gasteiger partial charge in [0.05, 0.1) is 16.7 Å². The topological polar surface area (TPSA) is 53.9 Å². The van der Waals surface area contributed by atoms with Crippen LogP contribution < -0.4 is 0 Å². The molecule has 3 heterocycles. The minimum absolute atomic E-state index is 0.373. The molecule has 7 rings (SSSR count). The first-order valence-electron chi connectivity index (χ1n) is 12.8. The summed E-state index contributed by atoms with van der Waals surface area (Å²) in [5, 5.41) is 7.33. The molecule has 0 fully saturated rings. The molecular weight excluding hydrogens is 440 g/mol. The molecule has 0 bridgehead atoms. The Labute approximate surface area is 210 Å². The van der Waals surface area contributed by atoms with Crippen molar-refractivity contribution in [2.75, 3.05) is 0 Å². The summed E-state index contributed by atoms with van der Waals surface area (Å²) < 4.78 is 0. The molecule has 0 saturated heterocycles. The fraction of sp³-hybridized carbons (Fsp3) is 0.219. The Morgan fingerprint density at radius 2 is 1.56 bits per heavy atom. The molecule has 1 aliphatic rings. The maximum Gasteiger partial charge on any atom is 0.109 e. The van der Waals surface area contributed by atoms with Crippen LogP contribution in [-0.2, 0) is 6.42 Å². The summed E-state index contributed by atoms with van der Waals surface area (Å²) in [6, 6.07) is 20.1. The van der Waals surface area contributed by atoms with Crippen molar-refractivity contribution in [2.24, 2.45) is 10.9 Å². The Kier molecular flexibility index (Phi) is 4.56. The largest absolute Gasteiger partial charge is 0.342 e. The predicted octanol–water partition coefficient (Wildman–Crippen LogP) is 8.49.